The van der Waals surface area contributed by atoms with Gasteiger partial charge < -0.3 is 9.80 Å². The lowest BCUT2D eigenvalue weighted by Gasteiger charge is -2.28. The van der Waals surface area contributed by atoms with Gasteiger partial charge in [-0.1, -0.05) is 42.5 Å². The van der Waals surface area contributed by atoms with E-state index in [-0.39, 0.29) is 0 Å². The van der Waals surface area contributed by atoms with Crippen LogP contribution in [0.1, 0.15) is 32.6 Å². The molecule has 124 valence electrons. The predicted octanol–water partition coefficient (Wildman–Crippen LogP) is 4.82. The average molecular weight is 310 g/mol. The van der Waals surface area contributed by atoms with Gasteiger partial charge in [-0.3, -0.25) is 0 Å². The summed E-state index contributed by atoms with van der Waals surface area (Å²) in [5, 5.41) is 0. The van der Waals surface area contributed by atoms with Gasteiger partial charge in [0.25, 0.3) is 0 Å². The molecule has 0 fully saturated rings. The second-order valence-electron chi connectivity index (χ2n) is 6.34. The zero-order valence-corrected chi connectivity index (χ0v) is 14.8. The zero-order valence-electron chi connectivity index (χ0n) is 14.8. The van der Waals surface area contributed by atoms with E-state index >= 15 is 0 Å². The standard InChI is InChI=1S/C21H30N2/c1-4-5-7-14-20-15-10-13-19-12-8-6-9-16-21(19)23(20)18-11-17-22(2)3/h4-9,14-16H,10-13,17-18H2,1-3H3/b5-4-,14-7-. The molecule has 2 aliphatic rings. The smallest absolute Gasteiger partial charge is 0.0405 e. The van der Waals surface area contributed by atoms with E-state index in [1.807, 2.05) is 0 Å². The first kappa shape index (κ1) is 17.6. The van der Waals surface area contributed by atoms with Crippen LogP contribution in [-0.4, -0.2) is 37.0 Å². The van der Waals surface area contributed by atoms with Crippen molar-refractivity contribution in [2.24, 2.45) is 0 Å². The van der Waals surface area contributed by atoms with Gasteiger partial charge in [0.1, 0.15) is 0 Å². The van der Waals surface area contributed by atoms with Crippen LogP contribution in [0.5, 0.6) is 0 Å². The third-order valence-electron chi connectivity index (χ3n) is 4.19. The minimum atomic E-state index is 1.06. The molecular weight excluding hydrogens is 280 g/mol. The van der Waals surface area contributed by atoms with Crippen molar-refractivity contribution in [2.45, 2.75) is 32.6 Å². The van der Waals surface area contributed by atoms with Crippen molar-refractivity contribution in [2.75, 3.05) is 27.2 Å². The topological polar surface area (TPSA) is 6.48 Å². The molecule has 0 saturated heterocycles. The summed E-state index contributed by atoms with van der Waals surface area (Å²) in [6.07, 6.45) is 24.4. The second-order valence-corrected chi connectivity index (χ2v) is 6.34. The highest BCUT2D eigenvalue weighted by Crippen LogP contribution is 2.30. The van der Waals surface area contributed by atoms with Gasteiger partial charge in [0.15, 0.2) is 0 Å². The Balaban J connectivity index is 2.25. The van der Waals surface area contributed by atoms with Crippen molar-refractivity contribution < 1.29 is 0 Å². The van der Waals surface area contributed by atoms with Gasteiger partial charge in [-0.15, -0.1) is 0 Å². The summed E-state index contributed by atoms with van der Waals surface area (Å²) in [6.45, 7) is 4.24. The molecule has 0 amide bonds. The molecule has 0 saturated carbocycles. The normalized spacial score (nSPS) is 18.8. The highest BCUT2D eigenvalue weighted by molar-refractivity contribution is 5.39. The third-order valence-corrected chi connectivity index (χ3v) is 4.19. The summed E-state index contributed by atoms with van der Waals surface area (Å²) in [7, 11) is 4.29. The molecule has 0 spiro atoms. The zero-order chi connectivity index (χ0) is 16.5. The number of hydrogen-bond donors (Lipinski definition) is 0. The first-order chi connectivity index (χ1) is 11.2. The predicted molar refractivity (Wildman–Crippen MR) is 101 cm³/mol. The molecule has 23 heavy (non-hydrogen) atoms. The maximum atomic E-state index is 2.51. The Morgan fingerprint density at radius 3 is 2.87 bits per heavy atom. The number of nitrogens with zero attached hydrogens (tertiary/aromatic N) is 2. The Kier molecular flexibility index (Phi) is 7.15. The van der Waals surface area contributed by atoms with Crippen LogP contribution in [0.2, 0.25) is 0 Å². The van der Waals surface area contributed by atoms with E-state index < -0.39 is 0 Å². The van der Waals surface area contributed by atoms with Crippen LogP contribution < -0.4 is 0 Å². The number of allylic oxidation sites excluding steroid dienone is 10. The molecule has 2 heteroatoms. The van der Waals surface area contributed by atoms with Gasteiger partial charge in [-0.05, 0) is 71.0 Å². The van der Waals surface area contributed by atoms with Crippen molar-refractivity contribution in [1.82, 2.24) is 9.80 Å². The summed E-state index contributed by atoms with van der Waals surface area (Å²) in [6, 6.07) is 0. The summed E-state index contributed by atoms with van der Waals surface area (Å²) in [5.74, 6) is 0. The fourth-order valence-corrected chi connectivity index (χ4v) is 3.03. The first-order valence-corrected chi connectivity index (χ1v) is 8.69. The van der Waals surface area contributed by atoms with Gasteiger partial charge in [-0.2, -0.15) is 0 Å². The lowest BCUT2D eigenvalue weighted by molar-refractivity contribution is 0.356. The van der Waals surface area contributed by atoms with Crippen LogP contribution in [0, 0.1) is 0 Å². The molecule has 1 aliphatic heterocycles. The van der Waals surface area contributed by atoms with E-state index in [1.165, 1.54) is 17.8 Å². The molecular formula is C21H30N2. The molecule has 0 aromatic carbocycles. The first-order valence-electron chi connectivity index (χ1n) is 8.69. The molecule has 2 rings (SSSR count). The minimum absolute atomic E-state index is 1.06. The van der Waals surface area contributed by atoms with Gasteiger partial charge in [0.2, 0.25) is 0 Å². The van der Waals surface area contributed by atoms with Crippen LogP contribution in [0.15, 0.2) is 71.7 Å². The van der Waals surface area contributed by atoms with E-state index in [0.29, 0.717) is 0 Å². The molecule has 0 aromatic heterocycles. The Bertz CT molecular complexity index is 556. The van der Waals surface area contributed by atoms with Gasteiger partial charge in [0.05, 0.1) is 0 Å². The maximum Gasteiger partial charge on any atom is 0.0405 e. The van der Waals surface area contributed by atoms with Crippen molar-refractivity contribution in [3.8, 4) is 0 Å². The molecule has 0 N–H and O–H groups in total. The average Bonchev–Trinajstić information content (AvgIpc) is 2.83. The molecule has 1 aliphatic carbocycles. The Hall–Kier alpha value is -1.80. The third kappa shape index (κ3) is 5.40. The Labute approximate surface area is 141 Å². The van der Waals surface area contributed by atoms with E-state index in [1.54, 1.807) is 5.57 Å². The highest BCUT2D eigenvalue weighted by Gasteiger charge is 2.18. The summed E-state index contributed by atoms with van der Waals surface area (Å²) in [4.78, 5) is 4.77. The minimum Gasteiger partial charge on any atom is -0.342 e. The van der Waals surface area contributed by atoms with E-state index in [4.69, 9.17) is 0 Å². The fraction of sp³-hybridized carbons (Fsp3) is 0.429. The quantitative estimate of drug-likeness (QED) is 0.649. The van der Waals surface area contributed by atoms with Crippen LogP contribution >= 0.6 is 0 Å². The monoisotopic (exact) mass is 310 g/mol. The Morgan fingerprint density at radius 1 is 1.22 bits per heavy atom. The molecule has 0 atom stereocenters. The lowest BCUT2D eigenvalue weighted by atomic mass is 10.1. The molecule has 2 nitrogen and oxygen atoms in total. The SMILES string of the molecule is C/C=C\C=C/C1=CCCC2=C(C=CC=CC2)N1CCCN(C)C. The Morgan fingerprint density at radius 2 is 2.09 bits per heavy atom. The van der Waals surface area contributed by atoms with E-state index in [9.17, 15) is 0 Å². The number of rotatable bonds is 6. The largest absolute Gasteiger partial charge is 0.342 e. The summed E-state index contributed by atoms with van der Waals surface area (Å²) < 4.78 is 0. The van der Waals surface area contributed by atoms with Crippen LogP contribution in [0.4, 0.5) is 0 Å². The molecule has 0 radical (unpaired) electrons. The van der Waals surface area contributed by atoms with Crippen molar-refractivity contribution >= 4 is 0 Å². The van der Waals surface area contributed by atoms with Crippen molar-refractivity contribution in [3.63, 3.8) is 0 Å². The van der Waals surface area contributed by atoms with Crippen molar-refractivity contribution in [3.05, 3.63) is 71.7 Å². The second kappa shape index (κ2) is 9.36. The van der Waals surface area contributed by atoms with E-state index in [2.05, 4.69) is 85.5 Å². The highest BCUT2D eigenvalue weighted by atomic mass is 15.2. The van der Waals surface area contributed by atoms with Gasteiger partial charge in [-0.25, -0.2) is 0 Å². The van der Waals surface area contributed by atoms with Gasteiger partial charge >= 0.3 is 0 Å². The number of hydrogen-bond acceptors (Lipinski definition) is 2. The maximum absolute atomic E-state index is 2.51. The summed E-state index contributed by atoms with van der Waals surface area (Å²) >= 11 is 0. The van der Waals surface area contributed by atoms with Gasteiger partial charge in [0, 0.05) is 17.9 Å². The molecule has 1 heterocycles. The summed E-state index contributed by atoms with van der Waals surface area (Å²) in [5.41, 5.74) is 4.30. The van der Waals surface area contributed by atoms with E-state index in [0.717, 1.165) is 32.4 Å². The van der Waals surface area contributed by atoms with Crippen LogP contribution in [0.25, 0.3) is 0 Å². The van der Waals surface area contributed by atoms with Crippen molar-refractivity contribution in [1.29, 1.82) is 0 Å². The fourth-order valence-electron chi connectivity index (χ4n) is 3.03. The molecule has 0 unspecified atom stereocenters. The van der Waals surface area contributed by atoms with Crippen LogP contribution in [0.3, 0.4) is 0 Å². The van der Waals surface area contributed by atoms with Crippen LogP contribution in [-0.2, 0) is 0 Å². The lowest BCUT2D eigenvalue weighted by Crippen LogP contribution is -2.25. The molecule has 0 bridgehead atoms. The molecule has 0 aromatic rings.